The van der Waals surface area contributed by atoms with E-state index in [9.17, 15) is 0 Å². The minimum atomic E-state index is 0.748. The van der Waals surface area contributed by atoms with Crippen molar-refractivity contribution in [3.8, 4) is 16.9 Å². The molecule has 3 aromatic rings. The Labute approximate surface area is 152 Å². The number of halogens is 2. The van der Waals surface area contributed by atoms with Gasteiger partial charge in [0.15, 0.2) is 0 Å². The van der Waals surface area contributed by atoms with Gasteiger partial charge in [-0.25, -0.2) is 0 Å². The lowest BCUT2D eigenvalue weighted by atomic mass is 10.0. The zero-order valence-corrected chi connectivity index (χ0v) is 16.3. The average Bonchev–Trinajstić information content (AvgIpc) is 2.84. The molecule has 0 aliphatic heterocycles. The molecule has 0 spiro atoms. The first-order chi connectivity index (χ1) is 10.6. The van der Waals surface area contributed by atoms with Gasteiger partial charge in [-0.15, -0.1) is 0 Å². The Morgan fingerprint density at radius 1 is 1.27 bits per heavy atom. The molecule has 5 heteroatoms. The van der Waals surface area contributed by atoms with Crippen molar-refractivity contribution in [3.63, 3.8) is 0 Å². The second-order valence-corrected chi connectivity index (χ2v) is 7.87. The third-order valence-corrected chi connectivity index (χ3v) is 5.81. The second kappa shape index (κ2) is 6.34. The summed E-state index contributed by atoms with van der Waals surface area (Å²) in [4.78, 5) is 0. The minimum Gasteiger partial charge on any atom is -0.496 e. The van der Waals surface area contributed by atoms with E-state index in [4.69, 9.17) is 16.3 Å². The standard InChI is InChI=1S/C17H16ClINOS/c1-4-20-10(2)22-15-8-7-14(21-3)16(17(15)20)12-9-11(19)5-6-13(12)18/h5-9H,4H2,1-3H3/q+1. The van der Waals surface area contributed by atoms with Crippen molar-refractivity contribution in [1.29, 1.82) is 0 Å². The van der Waals surface area contributed by atoms with E-state index < -0.39 is 0 Å². The van der Waals surface area contributed by atoms with Gasteiger partial charge in [0.2, 0.25) is 10.5 Å². The zero-order chi connectivity index (χ0) is 15.9. The Morgan fingerprint density at radius 3 is 2.73 bits per heavy atom. The Kier molecular flexibility index (Phi) is 4.61. The lowest BCUT2D eigenvalue weighted by Gasteiger charge is -2.10. The number of aromatic nitrogens is 1. The van der Waals surface area contributed by atoms with Crippen LogP contribution in [0.2, 0.25) is 5.02 Å². The molecule has 0 radical (unpaired) electrons. The first-order valence-corrected chi connectivity index (χ1v) is 9.29. The summed E-state index contributed by atoms with van der Waals surface area (Å²) in [5.41, 5.74) is 3.30. The fourth-order valence-corrected chi connectivity index (χ4v) is 4.57. The summed E-state index contributed by atoms with van der Waals surface area (Å²) in [7, 11) is 1.71. The quantitative estimate of drug-likeness (QED) is 0.387. The maximum absolute atomic E-state index is 6.50. The molecule has 1 heterocycles. The van der Waals surface area contributed by atoms with E-state index in [0.29, 0.717) is 0 Å². The summed E-state index contributed by atoms with van der Waals surface area (Å²) in [5.74, 6) is 0.858. The van der Waals surface area contributed by atoms with Crippen LogP contribution in [0.5, 0.6) is 5.75 Å². The maximum atomic E-state index is 6.50. The summed E-state index contributed by atoms with van der Waals surface area (Å²) in [5, 5.41) is 2.03. The number of rotatable bonds is 3. The van der Waals surface area contributed by atoms with Crippen LogP contribution in [0.15, 0.2) is 30.3 Å². The van der Waals surface area contributed by atoms with Gasteiger partial charge in [0.05, 0.1) is 12.7 Å². The topological polar surface area (TPSA) is 13.1 Å². The van der Waals surface area contributed by atoms with Gasteiger partial charge < -0.3 is 4.74 Å². The summed E-state index contributed by atoms with van der Waals surface area (Å²) < 4.78 is 10.4. The van der Waals surface area contributed by atoms with Gasteiger partial charge in [-0.2, -0.15) is 4.57 Å². The molecule has 22 heavy (non-hydrogen) atoms. The van der Waals surface area contributed by atoms with E-state index in [2.05, 4.69) is 53.1 Å². The molecule has 114 valence electrons. The number of methoxy groups -OCH3 is 1. The number of ether oxygens (including phenoxy) is 1. The molecule has 0 saturated carbocycles. The fourth-order valence-electron chi connectivity index (χ4n) is 2.78. The minimum absolute atomic E-state index is 0.748. The first-order valence-electron chi connectivity index (χ1n) is 7.02. The van der Waals surface area contributed by atoms with Crippen LogP contribution >= 0.6 is 45.5 Å². The van der Waals surface area contributed by atoms with Crippen molar-refractivity contribution in [2.45, 2.75) is 20.4 Å². The van der Waals surface area contributed by atoms with Crippen molar-refractivity contribution >= 4 is 55.7 Å². The van der Waals surface area contributed by atoms with Gasteiger partial charge in [-0.3, -0.25) is 0 Å². The van der Waals surface area contributed by atoms with Crippen LogP contribution in [-0.4, -0.2) is 7.11 Å². The van der Waals surface area contributed by atoms with Crippen LogP contribution in [0.1, 0.15) is 11.9 Å². The van der Waals surface area contributed by atoms with Gasteiger partial charge in [0.25, 0.3) is 0 Å². The van der Waals surface area contributed by atoms with Gasteiger partial charge in [-0.05, 0) is 59.8 Å². The third-order valence-electron chi connectivity index (χ3n) is 3.74. The highest BCUT2D eigenvalue weighted by Gasteiger charge is 2.25. The monoisotopic (exact) mass is 444 g/mol. The van der Waals surface area contributed by atoms with Crippen LogP contribution in [0.3, 0.4) is 0 Å². The van der Waals surface area contributed by atoms with Gasteiger partial charge in [0.1, 0.15) is 17.0 Å². The lowest BCUT2D eigenvalue weighted by Crippen LogP contribution is -2.33. The van der Waals surface area contributed by atoms with Crippen molar-refractivity contribution in [2.75, 3.05) is 7.11 Å². The van der Waals surface area contributed by atoms with E-state index in [1.54, 1.807) is 18.4 Å². The number of hydrogen-bond acceptors (Lipinski definition) is 2. The van der Waals surface area contributed by atoms with Gasteiger partial charge in [0, 0.05) is 21.1 Å². The van der Waals surface area contributed by atoms with E-state index in [-0.39, 0.29) is 0 Å². The third kappa shape index (κ3) is 2.61. The average molecular weight is 445 g/mol. The lowest BCUT2D eigenvalue weighted by molar-refractivity contribution is -0.669. The predicted octanol–water partition coefficient (Wildman–Crippen LogP) is 5.45. The largest absolute Gasteiger partial charge is 0.496 e. The van der Waals surface area contributed by atoms with E-state index in [1.807, 2.05) is 18.2 Å². The number of thiazole rings is 1. The van der Waals surface area contributed by atoms with Gasteiger partial charge in [-0.1, -0.05) is 22.9 Å². The first kappa shape index (κ1) is 16.0. The molecule has 0 unspecified atom stereocenters. The fraction of sp³-hybridized carbons (Fsp3) is 0.235. The highest BCUT2D eigenvalue weighted by atomic mass is 127. The van der Waals surface area contributed by atoms with Crippen LogP contribution in [0.25, 0.3) is 21.3 Å². The smallest absolute Gasteiger partial charge is 0.235 e. The molecule has 3 rings (SSSR count). The maximum Gasteiger partial charge on any atom is 0.235 e. The molecule has 2 aromatic carbocycles. The number of fused-ring (bicyclic) bond motifs is 1. The zero-order valence-electron chi connectivity index (χ0n) is 12.6. The van der Waals surface area contributed by atoms with Crippen molar-refractivity contribution < 1.29 is 9.30 Å². The van der Waals surface area contributed by atoms with Crippen LogP contribution in [0, 0.1) is 10.5 Å². The highest BCUT2D eigenvalue weighted by molar-refractivity contribution is 14.1. The normalized spacial score (nSPS) is 11.1. The summed E-state index contributed by atoms with van der Waals surface area (Å²) in [6.45, 7) is 5.24. The number of hydrogen-bond donors (Lipinski definition) is 0. The summed E-state index contributed by atoms with van der Waals surface area (Å²) in [6, 6.07) is 10.2. The number of aryl methyl sites for hydroxylation is 2. The summed E-state index contributed by atoms with van der Waals surface area (Å²) >= 11 is 10.6. The van der Waals surface area contributed by atoms with E-state index >= 15 is 0 Å². The highest BCUT2D eigenvalue weighted by Crippen LogP contribution is 2.41. The predicted molar refractivity (Wildman–Crippen MR) is 102 cm³/mol. The van der Waals surface area contributed by atoms with Crippen molar-refractivity contribution in [2.24, 2.45) is 0 Å². The molecule has 0 aliphatic carbocycles. The van der Waals surface area contributed by atoms with Crippen LogP contribution < -0.4 is 9.30 Å². The Morgan fingerprint density at radius 2 is 2.05 bits per heavy atom. The molecule has 0 N–H and O–H groups in total. The number of nitrogens with zero attached hydrogens (tertiary/aromatic N) is 1. The van der Waals surface area contributed by atoms with Crippen LogP contribution in [0.4, 0.5) is 0 Å². The summed E-state index contributed by atoms with van der Waals surface area (Å²) in [6.07, 6.45) is 0. The molecule has 1 aromatic heterocycles. The number of benzene rings is 2. The van der Waals surface area contributed by atoms with Crippen molar-refractivity contribution in [1.82, 2.24) is 0 Å². The van der Waals surface area contributed by atoms with Crippen molar-refractivity contribution in [3.05, 3.63) is 43.9 Å². The molecule has 0 bridgehead atoms. The Hall–Kier alpha value is -0.850. The van der Waals surface area contributed by atoms with Gasteiger partial charge >= 0.3 is 0 Å². The molecule has 0 fully saturated rings. The van der Waals surface area contributed by atoms with E-state index in [1.165, 1.54) is 15.2 Å². The van der Waals surface area contributed by atoms with E-state index in [0.717, 1.165) is 32.0 Å². The molecule has 0 atom stereocenters. The van der Waals surface area contributed by atoms with Crippen LogP contribution in [-0.2, 0) is 6.54 Å². The molecular formula is C17H16ClINOS+. The molecular weight excluding hydrogens is 429 g/mol. The Bertz CT molecular complexity index is 859. The molecule has 2 nitrogen and oxygen atoms in total. The second-order valence-electron chi connectivity index (χ2n) is 4.98. The Balaban J connectivity index is 2.47. The molecule has 0 aliphatic rings. The molecule has 0 saturated heterocycles. The SMILES string of the molecule is CC[n+]1c(C)sc2ccc(OC)c(-c3cc(I)ccc3Cl)c21. The molecule has 0 amide bonds.